The fourth-order valence-corrected chi connectivity index (χ4v) is 2.09. The maximum absolute atomic E-state index is 12.6. The van der Waals surface area contributed by atoms with Gasteiger partial charge in [0.25, 0.3) is 0 Å². The number of hydrogen-bond donors (Lipinski definition) is 2. The van der Waals surface area contributed by atoms with Crippen LogP contribution in [0.25, 0.3) is 0 Å². The Morgan fingerprint density at radius 3 is 2.57 bits per heavy atom. The highest BCUT2D eigenvalue weighted by Crippen LogP contribution is 2.31. The van der Waals surface area contributed by atoms with Crippen molar-refractivity contribution in [2.75, 3.05) is 5.73 Å². The SMILES string of the molecule is Cn1[nH]c(=O)c(=O)nc1Sc1cc(C(F)(F)F)nc(N)n1. The van der Waals surface area contributed by atoms with Gasteiger partial charge in [0, 0.05) is 13.1 Å². The number of nitrogens with zero attached hydrogens (tertiary/aromatic N) is 4. The van der Waals surface area contributed by atoms with E-state index in [1.807, 2.05) is 0 Å². The standard InChI is InChI=1S/C9H7F3N6O2S/c1-18-8(16-5(19)6(20)17-18)21-4-2-3(9(10,11)12)14-7(13)15-4/h2H,1H3,(H,17,20)(H2,13,14,15). The number of rotatable bonds is 2. The topological polar surface area (TPSA) is 120 Å². The van der Waals surface area contributed by atoms with Crippen molar-refractivity contribution >= 4 is 17.7 Å². The fourth-order valence-electron chi connectivity index (χ4n) is 1.29. The van der Waals surface area contributed by atoms with Gasteiger partial charge in [-0.2, -0.15) is 18.2 Å². The Bertz CT molecular complexity index is 799. The van der Waals surface area contributed by atoms with Crippen molar-refractivity contribution in [2.45, 2.75) is 16.4 Å². The number of halogens is 3. The first-order valence-electron chi connectivity index (χ1n) is 5.24. The Hall–Kier alpha value is -2.37. The van der Waals surface area contributed by atoms with Crippen LogP contribution in [-0.2, 0) is 13.2 Å². The lowest BCUT2D eigenvalue weighted by Crippen LogP contribution is -2.33. The number of hydrogen-bond acceptors (Lipinski definition) is 7. The van der Waals surface area contributed by atoms with Crippen molar-refractivity contribution in [1.29, 1.82) is 0 Å². The second-order valence-corrected chi connectivity index (χ2v) is 4.74. The van der Waals surface area contributed by atoms with Crippen LogP contribution in [0, 0.1) is 0 Å². The molecule has 0 atom stereocenters. The molecular weight excluding hydrogens is 313 g/mol. The molecule has 0 aliphatic heterocycles. The lowest BCUT2D eigenvalue weighted by atomic mass is 10.4. The molecule has 0 aliphatic rings. The summed E-state index contributed by atoms with van der Waals surface area (Å²) in [5.74, 6) is -0.568. The molecule has 0 aromatic carbocycles. The summed E-state index contributed by atoms with van der Waals surface area (Å²) in [5.41, 5.74) is 2.00. The van der Waals surface area contributed by atoms with Gasteiger partial charge in [0.1, 0.15) is 5.03 Å². The van der Waals surface area contributed by atoms with Gasteiger partial charge < -0.3 is 5.73 Å². The quantitative estimate of drug-likeness (QED) is 0.591. The van der Waals surface area contributed by atoms with E-state index >= 15 is 0 Å². The van der Waals surface area contributed by atoms with Gasteiger partial charge in [0.05, 0.1) is 0 Å². The van der Waals surface area contributed by atoms with Crippen LogP contribution in [0.5, 0.6) is 0 Å². The van der Waals surface area contributed by atoms with Crippen molar-refractivity contribution in [1.82, 2.24) is 24.7 Å². The number of nitrogens with one attached hydrogen (secondary N) is 1. The van der Waals surface area contributed by atoms with Gasteiger partial charge in [0.15, 0.2) is 10.9 Å². The molecule has 21 heavy (non-hydrogen) atoms. The van der Waals surface area contributed by atoms with E-state index in [0.29, 0.717) is 17.8 Å². The Labute approximate surface area is 118 Å². The molecule has 2 rings (SSSR count). The molecule has 0 saturated heterocycles. The summed E-state index contributed by atoms with van der Waals surface area (Å²) < 4.78 is 38.9. The lowest BCUT2D eigenvalue weighted by Gasteiger charge is -2.09. The summed E-state index contributed by atoms with van der Waals surface area (Å²) in [4.78, 5) is 32.3. The zero-order valence-electron chi connectivity index (χ0n) is 10.3. The molecule has 2 aromatic rings. The van der Waals surface area contributed by atoms with E-state index in [9.17, 15) is 22.8 Å². The first-order valence-corrected chi connectivity index (χ1v) is 6.05. The minimum Gasteiger partial charge on any atom is -0.368 e. The number of aromatic amines is 1. The third-order valence-electron chi connectivity index (χ3n) is 2.15. The molecule has 0 fully saturated rings. The first-order chi connectivity index (χ1) is 9.66. The van der Waals surface area contributed by atoms with Gasteiger partial charge in [-0.05, 0) is 11.8 Å². The van der Waals surface area contributed by atoms with E-state index in [-0.39, 0.29) is 10.2 Å². The van der Waals surface area contributed by atoms with E-state index < -0.39 is 28.9 Å². The monoisotopic (exact) mass is 320 g/mol. The fraction of sp³-hybridized carbons (Fsp3) is 0.222. The number of alkyl halides is 3. The molecular formula is C9H7F3N6O2S. The number of anilines is 1. The lowest BCUT2D eigenvalue weighted by molar-refractivity contribution is -0.141. The predicted octanol–water partition coefficient (Wildman–Crippen LogP) is 0.0108. The van der Waals surface area contributed by atoms with Gasteiger partial charge in [0.2, 0.25) is 5.95 Å². The average Bonchev–Trinajstić information content (AvgIpc) is 2.34. The number of aryl methyl sites for hydroxylation is 1. The van der Waals surface area contributed by atoms with Crippen molar-refractivity contribution in [3.8, 4) is 0 Å². The largest absolute Gasteiger partial charge is 0.433 e. The van der Waals surface area contributed by atoms with Gasteiger partial charge in [-0.3, -0.25) is 19.4 Å². The second kappa shape index (κ2) is 5.20. The molecule has 0 spiro atoms. The van der Waals surface area contributed by atoms with Crippen LogP contribution in [0.3, 0.4) is 0 Å². The molecule has 2 heterocycles. The van der Waals surface area contributed by atoms with Gasteiger partial charge in [-0.1, -0.05) is 0 Å². The maximum atomic E-state index is 12.6. The zero-order chi connectivity index (χ0) is 15.8. The summed E-state index contributed by atoms with van der Waals surface area (Å²) in [5, 5.41) is 1.94. The molecule has 3 N–H and O–H groups in total. The molecule has 0 aliphatic carbocycles. The molecule has 2 aromatic heterocycles. The third kappa shape index (κ3) is 3.39. The zero-order valence-corrected chi connectivity index (χ0v) is 11.1. The van der Waals surface area contributed by atoms with Crippen LogP contribution >= 0.6 is 11.8 Å². The van der Waals surface area contributed by atoms with Crippen LogP contribution in [0.2, 0.25) is 0 Å². The normalized spacial score (nSPS) is 11.6. The Morgan fingerprint density at radius 1 is 1.29 bits per heavy atom. The summed E-state index contributed by atoms with van der Waals surface area (Å²) in [7, 11) is 1.37. The third-order valence-corrected chi connectivity index (χ3v) is 3.12. The molecule has 0 radical (unpaired) electrons. The highest BCUT2D eigenvalue weighted by Gasteiger charge is 2.33. The van der Waals surface area contributed by atoms with Gasteiger partial charge in [-0.25, -0.2) is 9.97 Å². The van der Waals surface area contributed by atoms with Crippen molar-refractivity contribution in [3.05, 3.63) is 32.5 Å². The molecule has 8 nitrogen and oxygen atoms in total. The molecule has 0 saturated carbocycles. The van der Waals surface area contributed by atoms with E-state index in [1.165, 1.54) is 7.05 Å². The van der Waals surface area contributed by atoms with Crippen LogP contribution in [0.15, 0.2) is 25.8 Å². The second-order valence-electron chi connectivity index (χ2n) is 3.75. The molecule has 0 bridgehead atoms. The number of aromatic nitrogens is 5. The van der Waals surface area contributed by atoms with Crippen molar-refractivity contribution in [3.63, 3.8) is 0 Å². The van der Waals surface area contributed by atoms with E-state index in [4.69, 9.17) is 5.73 Å². The van der Waals surface area contributed by atoms with Crippen LogP contribution in [-0.4, -0.2) is 24.7 Å². The van der Waals surface area contributed by atoms with E-state index in [2.05, 4.69) is 20.1 Å². The Morgan fingerprint density at radius 2 is 1.95 bits per heavy atom. The number of nitrogens with two attached hydrogens (primary N) is 1. The highest BCUT2D eigenvalue weighted by molar-refractivity contribution is 7.99. The minimum atomic E-state index is -4.68. The van der Waals surface area contributed by atoms with Crippen molar-refractivity contribution < 1.29 is 13.2 Å². The van der Waals surface area contributed by atoms with E-state index in [0.717, 1.165) is 4.68 Å². The van der Waals surface area contributed by atoms with Crippen LogP contribution < -0.4 is 16.9 Å². The molecule has 112 valence electrons. The molecule has 0 unspecified atom stereocenters. The van der Waals surface area contributed by atoms with Crippen molar-refractivity contribution in [2.24, 2.45) is 7.05 Å². The molecule has 0 amide bonds. The summed E-state index contributed by atoms with van der Waals surface area (Å²) in [6.45, 7) is 0. The first kappa shape index (κ1) is 15.0. The predicted molar refractivity (Wildman–Crippen MR) is 65.7 cm³/mol. The van der Waals surface area contributed by atoms with Crippen LogP contribution in [0.4, 0.5) is 19.1 Å². The Balaban J connectivity index is 2.45. The maximum Gasteiger partial charge on any atom is 0.433 e. The average molecular weight is 320 g/mol. The highest BCUT2D eigenvalue weighted by atomic mass is 32.2. The van der Waals surface area contributed by atoms with Gasteiger partial charge in [-0.15, -0.1) is 0 Å². The minimum absolute atomic E-state index is 0.0502. The number of H-pyrrole nitrogens is 1. The summed E-state index contributed by atoms with van der Waals surface area (Å²) in [6.07, 6.45) is -4.68. The number of nitrogen functional groups attached to an aromatic ring is 1. The summed E-state index contributed by atoms with van der Waals surface area (Å²) >= 11 is 0.632. The van der Waals surface area contributed by atoms with Gasteiger partial charge >= 0.3 is 17.3 Å². The Kier molecular flexibility index (Phi) is 3.72. The van der Waals surface area contributed by atoms with Crippen LogP contribution in [0.1, 0.15) is 5.69 Å². The smallest absolute Gasteiger partial charge is 0.368 e. The molecule has 12 heteroatoms. The van der Waals surface area contributed by atoms with E-state index in [1.54, 1.807) is 0 Å². The summed E-state index contributed by atoms with van der Waals surface area (Å²) in [6, 6.07) is 0.665.